The van der Waals surface area contributed by atoms with E-state index in [0.717, 1.165) is 25.7 Å². The first-order valence-electron chi connectivity index (χ1n) is 21.6. The number of rotatable bonds is 34. The third kappa shape index (κ3) is 44.9. The van der Waals surface area contributed by atoms with Gasteiger partial charge in [-0.1, -0.05) is 194 Å². The second-order valence-electron chi connectivity index (χ2n) is 16.4. The van der Waals surface area contributed by atoms with Crippen molar-refractivity contribution in [1.82, 2.24) is 0 Å². The van der Waals surface area contributed by atoms with Crippen molar-refractivity contribution in [2.45, 2.75) is 265 Å². The van der Waals surface area contributed by atoms with E-state index in [-0.39, 0.29) is 17.5 Å². The van der Waals surface area contributed by atoms with E-state index in [1.54, 1.807) is 0 Å². The van der Waals surface area contributed by atoms with Gasteiger partial charge in [0.05, 0.1) is 0 Å². The molecule has 0 spiro atoms. The number of carbonyl (C=O) groups is 2. The van der Waals surface area contributed by atoms with Crippen LogP contribution in [0.25, 0.3) is 0 Å². The number of carbonyl (C=O) groups excluding carboxylic acids is 2. The molecule has 0 rings (SSSR count). The largest absolute Gasteiger partial charge is 0.460 e. The van der Waals surface area contributed by atoms with Crippen LogP contribution in [-0.4, -0.2) is 29.7 Å². The molecule has 294 valence electrons. The predicted molar refractivity (Wildman–Crippen MR) is 214 cm³/mol. The van der Waals surface area contributed by atoms with Crippen LogP contribution in [0.1, 0.15) is 254 Å². The van der Waals surface area contributed by atoms with Crippen LogP contribution in [-0.2, 0) is 19.1 Å². The van der Waals surface area contributed by atoms with E-state index < -0.39 is 5.60 Å². The molecule has 0 amide bonds. The number of esters is 2. The molecule has 5 nitrogen and oxygen atoms in total. The molecule has 0 aromatic heterocycles. The quantitative estimate of drug-likeness (QED) is 0.0535. The van der Waals surface area contributed by atoms with Gasteiger partial charge in [0.2, 0.25) is 0 Å². The maximum absolute atomic E-state index is 11.7. The summed E-state index contributed by atoms with van der Waals surface area (Å²) in [5, 5.41) is 0. The first kappa shape index (κ1) is 50.0. The highest BCUT2D eigenvalue weighted by atomic mass is 16.6. The Morgan fingerprint density at radius 1 is 0.388 bits per heavy atom. The highest BCUT2D eigenvalue weighted by molar-refractivity contribution is 5.70. The highest BCUT2D eigenvalue weighted by Crippen LogP contribution is 2.17. The van der Waals surface area contributed by atoms with Gasteiger partial charge in [-0.25, -0.2) is 0 Å². The summed E-state index contributed by atoms with van der Waals surface area (Å²) in [7, 11) is 0. The van der Waals surface area contributed by atoms with Crippen molar-refractivity contribution in [2.24, 2.45) is 5.73 Å². The summed E-state index contributed by atoms with van der Waals surface area (Å²) in [5.41, 5.74) is 4.70. The van der Waals surface area contributed by atoms with E-state index in [4.69, 9.17) is 15.2 Å². The second-order valence-corrected chi connectivity index (χ2v) is 16.4. The summed E-state index contributed by atoms with van der Waals surface area (Å²) in [4.78, 5) is 23.2. The molecule has 0 aliphatic rings. The lowest BCUT2D eigenvalue weighted by atomic mass is 10.0. The maximum Gasteiger partial charge on any atom is 0.306 e. The van der Waals surface area contributed by atoms with Gasteiger partial charge in [-0.2, -0.15) is 0 Å². The number of hydrogen-bond donors (Lipinski definition) is 1. The van der Waals surface area contributed by atoms with Crippen molar-refractivity contribution in [2.75, 3.05) is 6.54 Å². The van der Waals surface area contributed by atoms with Crippen molar-refractivity contribution >= 4 is 11.9 Å². The summed E-state index contributed by atoms with van der Waals surface area (Å²) in [6.45, 7) is 14.4. The fraction of sp³-hybridized carbons (Fsp3) is 0.955. The molecule has 0 heterocycles. The molecular weight excluding hydrogens is 606 g/mol. The molecule has 2 N–H and O–H groups in total. The Morgan fingerprint density at radius 2 is 0.612 bits per heavy atom. The summed E-state index contributed by atoms with van der Waals surface area (Å²) in [5.74, 6) is -0.151. The minimum atomic E-state index is -0.521. The van der Waals surface area contributed by atoms with Gasteiger partial charge < -0.3 is 15.2 Å². The van der Waals surface area contributed by atoms with E-state index in [9.17, 15) is 9.59 Å². The van der Waals surface area contributed by atoms with Crippen molar-refractivity contribution in [3.05, 3.63) is 0 Å². The molecule has 0 aliphatic heterocycles. The average Bonchev–Trinajstić information content (AvgIpc) is 3.04. The summed E-state index contributed by atoms with van der Waals surface area (Å²) < 4.78 is 10.7. The van der Waals surface area contributed by atoms with Crippen molar-refractivity contribution < 1.29 is 19.1 Å². The molecule has 0 radical (unpaired) electrons. The summed E-state index contributed by atoms with van der Waals surface area (Å²) in [6.07, 6.45) is 41.5. The minimum absolute atomic E-state index is 0.0443. The lowest BCUT2D eigenvalue weighted by molar-refractivity contribution is -0.156. The molecule has 0 bridgehead atoms. The molecule has 49 heavy (non-hydrogen) atoms. The van der Waals surface area contributed by atoms with Crippen molar-refractivity contribution in [3.8, 4) is 0 Å². The zero-order valence-corrected chi connectivity index (χ0v) is 34.5. The van der Waals surface area contributed by atoms with Gasteiger partial charge in [-0.3, -0.25) is 9.59 Å². The number of ether oxygens (including phenoxy) is 2. The third-order valence-corrected chi connectivity index (χ3v) is 9.27. The van der Waals surface area contributed by atoms with Gasteiger partial charge in [0.1, 0.15) is 11.2 Å². The molecule has 0 atom stereocenters. The molecule has 0 aliphatic carbocycles. The second kappa shape index (κ2) is 36.7. The van der Waals surface area contributed by atoms with Gasteiger partial charge in [-0.05, 0) is 47.5 Å². The van der Waals surface area contributed by atoms with Gasteiger partial charge in [0.25, 0.3) is 0 Å². The van der Waals surface area contributed by atoms with Gasteiger partial charge in [0.15, 0.2) is 0 Å². The maximum atomic E-state index is 11.7. The number of nitrogens with two attached hydrogens (primary N) is 1. The fourth-order valence-corrected chi connectivity index (χ4v) is 6.07. The Balaban J connectivity index is 0. The van der Waals surface area contributed by atoms with Crippen LogP contribution in [0.5, 0.6) is 0 Å². The Bertz CT molecular complexity index is 700. The molecule has 0 unspecified atom stereocenters. The van der Waals surface area contributed by atoms with Crippen molar-refractivity contribution in [1.29, 1.82) is 0 Å². The molecule has 0 aromatic rings. The summed E-state index contributed by atoms with van der Waals surface area (Å²) >= 11 is 0. The van der Waals surface area contributed by atoms with Crippen LogP contribution in [0.3, 0.4) is 0 Å². The lowest BCUT2D eigenvalue weighted by Crippen LogP contribution is -2.36. The molecule has 5 heteroatoms. The van der Waals surface area contributed by atoms with Crippen LogP contribution in [0.15, 0.2) is 0 Å². The van der Waals surface area contributed by atoms with Crippen LogP contribution in [0.4, 0.5) is 0 Å². The van der Waals surface area contributed by atoms with Gasteiger partial charge in [-0.15, -0.1) is 0 Å². The summed E-state index contributed by atoms with van der Waals surface area (Å²) in [6, 6.07) is 0. The Hall–Kier alpha value is -1.10. The van der Waals surface area contributed by atoms with Crippen LogP contribution in [0.2, 0.25) is 0 Å². The number of unbranched alkanes of at least 4 members (excludes halogenated alkanes) is 28. The molecule has 0 aromatic carbocycles. The first-order valence-corrected chi connectivity index (χ1v) is 21.6. The van der Waals surface area contributed by atoms with E-state index in [1.165, 1.54) is 167 Å². The third-order valence-electron chi connectivity index (χ3n) is 9.27. The predicted octanol–water partition coefficient (Wildman–Crippen LogP) is 14.1. The smallest absolute Gasteiger partial charge is 0.306 e. The topological polar surface area (TPSA) is 78.6 Å². The van der Waals surface area contributed by atoms with E-state index in [1.807, 2.05) is 34.6 Å². The molecular formula is C44H89NO4. The van der Waals surface area contributed by atoms with E-state index >= 15 is 0 Å². The molecule has 0 saturated heterocycles. The van der Waals surface area contributed by atoms with E-state index in [2.05, 4.69) is 13.8 Å². The normalized spacial score (nSPS) is 11.7. The van der Waals surface area contributed by atoms with Gasteiger partial charge >= 0.3 is 11.9 Å². The Kier molecular flexibility index (Phi) is 37.4. The van der Waals surface area contributed by atoms with E-state index in [0.29, 0.717) is 19.4 Å². The SMILES string of the molecule is CCCCCCCCCCCCCCCCCC(=O)OC(C)(C)C.CCCCCCCCCCCCCCCCCC(=O)OC(C)(C)CN. The lowest BCUT2D eigenvalue weighted by Gasteiger charge is -2.22. The standard InChI is InChI=1S/C22H45NO2.C22H44O2/c1-4-5-6-7-8-9-10-11-12-13-14-15-16-17-18-19-21(24)25-22(2,3)20-23;1-5-6-7-8-9-10-11-12-13-14-15-16-17-18-19-20-21(23)24-22(2,3)4/h4-20,23H2,1-3H3;5-20H2,1-4H3. The van der Waals surface area contributed by atoms with Crippen LogP contribution < -0.4 is 5.73 Å². The highest BCUT2D eigenvalue weighted by Gasteiger charge is 2.20. The Morgan fingerprint density at radius 3 is 0.837 bits per heavy atom. The van der Waals surface area contributed by atoms with Crippen LogP contribution in [0, 0.1) is 0 Å². The van der Waals surface area contributed by atoms with Gasteiger partial charge in [0, 0.05) is 19.4 Å². The zero-order valence-electron chi connectivity index (χ0n) is 34.5. The molecule has 0 saturated carbocycles. The fourth-order valence-electron chi connectivity index (χ4n) is 6.07. The zero-order chi connectivity index (χ0) is 36.9. The number of hydrogen-bond acceptors (Lipinski definition) is 5. The van der Waals surface area contributed by atoms with Crippen LogP contribution >= 0.6 is 0 Å². The average molecular weight is 696 g/mol. The Labute approximate surface area is 307 Å². The first-order chi connectivity index (χ1) is 23.5. The molecule has 0 fully saturated rings. The monoisotopic (exact) mass is 696 g/mol. The minimum Gasteiger partial charge on any atom is -0.460 e. The van der Waals surface area contributed by atoms with Crippen molar-refractivity contribution in [3.63, 3.8) is 0 Å².